The number of phenolic OH excluding ortho intramolecular Hbond substituents is 1. The molecule has 0 aliphatic carbocycles. The molecule has 116 valence electrons. The summed E-state index contributed by atoms with van der Waals surface area (Å²) in [5.41, 5.74) is 0.486. The molecule has 0 saturated carbocycles. The van der Waals surface area contributed by atoms with Crippen molar-refractivity contribution in [2.45, 2.75) is 0 Å². The van der Waals surface area contributed by atoms with Crippen LogP contribution in [-0.2, 0) is 0 Å². The number of methoxy groups -OCH3 is 1. The van der Waals surface area contributed by atoms with Gasteiger partial charge in [-0.1, -0.05) is 36.4 Å². The van der Waals surface area contributed by atoms with Gasteiger partial charge in [0, 0.05) is 0 Å². The van der Waals surface area contributed by atoms with Gasteiger partial charge in [0.25, 0.3) is 0 Å². The number of fused-ring (bicyclic) bond motifs is 1. The zero-order valence-electron chi connectivity index (χ0n) is 12.4. The number of carbonyl (C=O) groups is 1. The molecular formula is C18H15NO4. The van der Waals surface area contributed by atoms with E-state index in [2.05, 4.69) is 5.32 Å². The smallest absolute Gasteiger partial charge is 0.417 e. The maximum Gasteiger partial charge on any atom is 0.417 e. The van der Waals surface area contributed by atoms with E-state index in [1.807, 2.05) is 24.3 Å². The number of para-hydroxylation sites is 2. The molecule has 3 aromatic rings. The van der Waals surface area contributed by atoms with Crippen LogP contribution in [0, 0.1) is 0 Å². The zero-order chi connectivity index (χ0) is 16.2. The molecule has 0 fully saturated rings. The number of ether oxygens (including phenoxy) is 2. The van der Waals surface area contributed by atoms with E-state index in [1.54, 1.807) is 36.4 Å². The average Bonchev–Trinajstić information content (AvgIpc) is 2.56. The molecule has 0 spiro atoms. The Labute approximate surface area is 133 Å². The lowest BCUT2D eigenvalue weighted by atomic mass is 10.1. The van der Waals surface area contributed by atoms with Crippen LogP contribution in [0.5, 0.6) is 17.2 Å². The molecule has 0 aliphatic heterocycles. The van der Waals surface area contributed by atoms with Crippen LogP contribution in [0.25, 0.3) is 10.8 Å². The molecule has 0 aliphatic rings. The topological polar surface area (TPSA) is 67.8 Å². The summed E-state index contributed by atoms with van der Waals surface area (Å²) in [5, 5.41) is 14.3. The van der Waals surface area contributed by atoms with Crippen LogP contribution >= 0.6 is 0 Å². The Balaban J connectivity index is 1.81. The molecule has 0 bridgehead atoms. The van der Waals surface area contributed by atoms with Crippen molar-refractivity contribution in [3.63, 3.8) is 0 Å². The van der Waals surface area contributed by atoms with Gasteiger partial charge in [-0.15, -0.1) is 0 Å². The van der Waals surface area contributed by atoms with Crippen molar-refractivity contribution in [3.8, 4) is 17.2 Å². The minimum absolute atomic E-state index is 0.0936. The van der Waals surface area contributed by atoms with E-state index in [9.17, 15) is 9.90 Å². The van der Waals surface area contributed by atoms with Crippen molar-refractivity contribution in [1.82, 2.24) is 0 Å². The predicted octanol–water partition coefficient (Wildman–Crippen LogP) is 4.16. The van der Waals surface area contributed by atoms with Crippen LogP contribution in [0.4, 0.5) is 10.5 Å². The molecule has 1 amide bonds. The van der Waals surface area contributed by atoms with Gasteiger partial charge in [0.1, 0.15) is 5.75 Å². The van der Waals surface area contributed by atoms with E-state index in [4.69, 9.17) is 9.47 Å². The SMILES string of the molecule is COc1ccccc1NC(=O)Oc1cc2ccccc2cc1O. The summed E-state index contributed by atoms with van der Waals surface area (Å²) in [4.78, 5) is 12.0. The van der Waals surface area contributed by atoms with E-state index >= 15 is 0 Å². The molecule has 0 unspecified atom stereocenters. The highest BCUT2D eigenvalue weighted by atomic mass is 16.6. The second kappa shape index (κ2) is 6.27. The number of anilines is 1. The molecule has 5 heteroatoms. The van der Waals surface area contributed by atoms with Crippen molar-refractivity contribution in [2.75, 3.05) is 12.4 Å². The summed E-state index contributed by atoms with van der Waals surface area (Å²) in [6.45, 7) is 0. The molecule has 3 rings (SSSR count). The Kier molecular flexibility index (Phi) is 4.01. The van der Waals surface area contributed by atoms with Crippen LogP contribution in [0.3, 0.4) is 0 Å². The highest BCUT2D eigenvalue weighted by Crippen LogP contribution is 2.32. The van der Waals surface area contributed by atoms with Crippen LogP contribution in [0.15, 0.2) is 60.7 Å². The van der Waals surface area contributed by atoms with Crippen LogP contribution in [-0.4, -0.2) is 18.3 Å². The number of benzene rings is 3. The second-order valence-electron chi connectivity index (χ2n) is 4.88. The number of hydrogen-bond acceptors (Lipinski definition) is 4. The van der Waals surface area contributed by atoms with Crippen molar-refractivity contribution >= 4 is 22.6 Å². The number of aromatic hydroxyl groups is 1. The predicted molar refractivity (Wildman–Crippen MR) is 88.3 cm³/mol. The lowest BCUT2D eigenvalue weighted by Crippen LogP contribution is -2.17. The highest BCUT2D eigenvalue weighted by Gasteiger charge is 2.12. The zero-order valence-corrected chi connectivity index (χ0v) is 12.4. The Morgan fingerprint density at radius 2 is 1.61 bits per heavy atom. The molecule has 0 atom stereocenters. The maximum absolute atomic E-state index is 12.0. The third kappa shape index (κ3) is 3.18. The number of amides is 1. The first-order chi connectivity index (χ1) is 11.2. The first-order valence-corrected chi connectivity index (χ1v) is 7.01. The van der Waals surface area contributed by atoms with Gasteiger partial charge in [0.15, 0.2) is 11.5 Å². The molecule has 0 saturated heterocycles. The van der Waals surface area contributed by atoms with Gasteiger partial charge in [-0.3, -0.25) is 5.32 Å². The first kappa shape index (κ1) is 14.7. The van der Waals surface area contributed by atoms with Crippen molar-refractivity contribution in [1.29, 1.82) is 0 Å². The molecule has 0 radical (unpaired) electrons. The van der Waals surface area contributed by atoms with E-state index < -0.39 is 6.09 Å². The summed E-state index contributed by atoms with van der Waals surface area (Å²) < 4.78 is 10.4. The fourth-order valence-electron chi connectivity index (χ4n) is 2.27. The summed E-state index contributed by atoms with van der Waals surface area (Å²) in [5.74, 6) is 0.516. The largest absolute Gasteiger partial charge is 0.504 e. The Bertz CT molecular complexity index is 861. The van der Waals surface area contributed by atoms with E-state index in [1.165, 1.54) is 7.11 Å². The van der Waals surface area contributed by atoms with Gasteiger partial charge < -0.3 is 14.6 Å². The fourth-order valence-corrected chi connectivity index (χ4v) is 2.27. The van der Waals surface area contributed by atoms with Crippen molar-refractivity contribution in [3.05, 3.63) is 60.7 Å². The third-order valence-corrected chi connectivity index (χ3v) is 3.37. The van der Waals surface area contributed by atoms with Crippen LogP contribution < -0.4 is 14.8 Å². The number of hydrogen-bond donors (Lipinski definition) is 2. The molecule has 5 nitrogen and oxygen atoms in total. The van der Waals surface area contributed by atoms with Crippen molar-refractivity contribution in [2.24, 2.45) is 0 Å². The van der Waals surface area contributed by atoms with Crippen LogP contribution in [0.1, 0.15) is 0 Å². The Morgan fingerprint density at radius 1 is 0.957 bits per heavy atom. The summed E-state index contributed by atoms with van der Waals surface area (Å²) in [6, 6.07) is 17.6. The standard InChI is InChI=1S/C18H15NO4/c1-22-16-9-5-4-8-14(16)19-18(21)23-17-11-13-7-3-2-6-12(13)10-15(17)20/h2-11,20H,1H3,(H,19,21). The average molecular weight is 309 g/mol. The van der Waals surface area contributed by atoms with E-state index in [0.29, 0.717) is 11.4 Å². The molecular weight excluding hydrogens is 294 g/mol. The minimum Gasteiger partial charge on any atom is -0.504 e. The highest BCUT2D eigenvalue weighted by molar-refractivity contribution is 5.91. The quantitative estimate of drug-likeness (QED) is 0.762. The first-order valence-electron chi connectivity index (χ1n) is 7.01. The van der Waals surface area contributed by atoms with Gasteiger partial charge in [-0.25, -0.2) is 4.79 Å². The van der Waals surface area contributed by atoms with Gasteiger partial charge in [0.05, 0.1) is 12.8 Å². The molecule has 3 aromatic carbocycles. The Morgan fingerprint density at radius 3 is 2.35 bits per heavy atom. The van der Waals surface area contributed by atoms with Crippen molar-refractivity contribution < 1.29 is 19.4 Å². The monoisotopic (exact) mass is 309 g/mol. The van der Waals surface area contributed by atoms with Crippen LogP contribution in [0.2, 0.25) is 0 Å². The van der Waals surface area contributed by atoms with Gasteiger partial charge in [0.2, 0.25) is 0 Å². The fraction of sp³-hybridized carbons (Fsp3) is 0.0556. The summed E-state index contributed by atoms with van der Waals surface area (Å²) in [7, 11) is 1.51. The normalized spacial score (nSPS) is 10.3. The minimum atomic E-state index is -0.708. The Hall–Kier alpha value is -3.21. The second-order valence-corrected chi connectivity index (χ2v) is 4.88. The lowest BCUT2D eigenvalue weighted by molar-refractivity contribution is 0.213. The summed E-state index contributed by atoms with van der Waals surface area (Å²) >= 11 is 0. The maximum atomic E-state index is 12.0. The molecule has 23 heavy (non-hydrogen) atoms. The van der Waals surface area contributed by atoms with Gasteiger partial charge in [-0.05, 0) is 35.0 Å². The van der Waals surface area contributed by atoms with E-state index in [-0.39, 0.29) is 11.5 Å². The molecule has 0 heterocycles. The van der Waals surface area contributed by atoms with Gasteiger partial charge >= 0.3 is 6.09 Å². The third-order valence-electron chi connectivity index (χ3n) is 3.37. The number of nitrogens with one attached hydrogen (secondary N) is 1. The summed E-state index contributed by atoms with van der Waals surface area (Å²) in [6.07, 6.45) is -0.708. The van der Waals surface area contributed by atoms with E-state index in [0.717, 1.165) is 10.8 Å². The number of rotatable bonds is 3. The van der Waals surface area contributed by atoms with Gasteiger partial charge in [-0.2, -0.15) is 0 Å². The molecule has 2 N–H and O–H groups in total. The molecule has 0 aromatic heterocycles. The number of carbonyl (C=O) groups excluding carboxylic acids is 1. The number of phenols is 1. The lowest BCUT2D eigenvalue weighted by Gasteiger charge is -2.11.